The fourth-order valence-electron chi connectivity index (χ4n) is 1.98. The molecule has 1 atom stereocenters. The maximum Gasteiger partial charge on any atom is 0.410 e. The van der Waals surface area contributed by atoms with Crippen molar-refractivity contribution in [3.8, 4) is 0 Å². The van der Waals surface area contributed by atoms with Crippen molar-refractivity contribution in [2.24, 2.45) is 11.7 Å². The van der Waals surface area contributed by atoms with Crippen molar-refractivity contribution in [2.75, 3.05) is 19.7 Å². The number of ether oxygens (including phenoxy) is 1. The molecule has 1 unspecified atom stereocenters. The van der Waals surface area contributed by atoms with E-state index in [9.17, 15) is 4.79 Å². The lowest BCUT2D eigenvalue weighted by atomic mass is 10.1. The Balaban J connectivity index is 2.49. The largest absolute Gasteiger partial charge is 0.449 e. The summed E-state index contributed by atoms with van der Waals surface area (Å²) in [5.41, 5.74) is 5.71. The Kier molecular flexibility index (Phi) is 5.60. The van der Waals surface area contributed by atoms with E-state index in [1.165, 1.54) is 6.42 Å². The quantitative estimate of drug-likeness (QED) is 0.803. The average Bonchev–Trinajstić information content (AvgIpc) is 2.50. The minimum Gasteiger partial charge on any atom is -0.449 e. The van der Waals surface area contributed by atoms with E-state index in [1.807, 2.05) is 18.7 Å². The molecule has 1 saturated heterocycles. The van der Waals surface area contributed by atoms with Crippen molar-refractivity contribution < 1.29 is 9.53 Å². The van der Waals surface area contributed by atoms with Gasteiger partial charge in [-0.15, -0.1) is 0 Å². The molecule has 94 valence electrons. The van der Waals surface area contributed by atoms with Crippen LogP contribution in [0.3, 0.4) is 0 Å². The minimum absolute atomic E-state index is 0.169. The van der Waals surface area contributed by atoms with Gasteiger partial charge in [-0.3, -0.25) is 0 Å². The van der Waals surface area contributed by atoms with E-state index in [1.54, 1.807) is 0 Å². The summed E-state index contributed by atoms with van der Waals surface area (Å²) in [5, 5.41) is 0. The first-order chi connectivity index (χ1) is 7.65. The van der Waals surface area contributed by atoms with Gasteiger partial charge in [-0.25, -0.2) is 4.79 Å². The Labute approximate surface area is 98.1 Å². The highest BCUT2D eigenvalue weighted by Crippen LogP contribution is 2.17. The molecule has 0 saturated carbocycles. The van der Waals surface area contributed by atoms with Gasteiger partial charge < -0.3 is 15.4 Å². The summed E-state index contributed by atoms with van der Waals surface area (Å²) in [6.07, 6.45) is 4.23. The lowest BCUT2D eigenvalue weighted by Gasteiger charge is -2.28. The number of rotatable bonds is 3. The topological polar surface area (TPSA) is 55.6 Å². The Morgan fingerprint density at radius 2 is 2.19 bits per heavy atom. The maximum atomic E-state index is 11.9. The first-order valence-electron chi connectivity index (χ1n) is 6.28. The van der Waals surface area contributed by atoms with Crippen molar-refractivity contribution in [3.63, 3.8) is 0 Å². The van der Waals surface area contributed by atoms with Gasteiger partial charge >= 0.3 is 6.09 Å². The third kappa shape index (κ3) is 4.00. The summed E-state index contributed by atoms with van der Waals surface area (Å²) >= 11 is 0. The number of hydrogen-bond acceptors (Lipinski definition) is 3. The van der Waals surface area contributed by atoms with Crippen LogP contribution in [-0.4, -0.2) is 36.7 Å². The van der Waals surface area contributed by atoms with Crippen LogP contribution in [0.15, 0.2) is 0 Å². The zero-order valence-electron chi connectivity index (χ0n) is 10.4. The van der Waals surface area contributed by atoms with E-state index in [4.69, 9.17) is 10.5 Å². The molecule has 4 nitrogen and oxygen atoms in total. The first kappa shape index (κ1) is 13.3. The molecule has 0 bridgehead atoms. The fourth-order valence-corrected chi connectivity index (χ4v) is 1.98. The molecule has 1 heterocycles. The Morgan fingerprint density at radius 3 is 2.81 bits per heavy atom. The second-order valence-electron chi connectivity index (χ2n) is 4.90. The normalized spacial score (nSPS) is 22.0. The van der Waals surface area contributed by atoms with Crippen LogP contribution >= 0.6 is 0 Å². The Morgan fingerprint density at radius 1 is 1.44 bits per heavy atom. The van der Waals surface area contributed by atoms with Crippen molar-refractivity contribution in [1.29, 1.82) is 0 Å². The highest BCUT2D eigenvalue weighted by atomic mass is 16.6. The van der Waals surface area contributed by atoms with Crippen LogP contribution < -0.4 is 5.73 Å². The van der Waals surface area contributed by atoms with Crippen LogP contribution in [-0.2, 0) is 4.74 Å². The SMILES string of the molecule is CC(C)COC(=O)N1CCCCCC1CN. The third-order valence-electron chi connectivity index (χ3n) is 2.92. The van der Waals surface area contributed by atoms with E-state index in [0.717, 1.165) is 25.8 Å². The standard InChI is InChI=1S/C12H24N2O2/c1-10(2)9-16-12(15)14-7-5-3-4-6-11(14)8-13/h10-11H,3-9,13H2,1-2H3. The zero-order valence-corrected chi connectivity index (χ0v) is 10.4. The molecule has 0 aromatic rings. The molecule has 0 spiro atoms. The predicted molar refractivity (Wildman–Crippen MR) is 64.2 cm³/mol. The minimum atomic E-state index is -0.189. The summed E-state index contributed by atoms with van der Waals surface area (Å²) < 4.78 is 5.26. The number of likely N-dealkylation sites (tertiary alicyclic amines) is 1. The van der Waals surface area contributed by atoms with Crippen molar-refractivity contribution in [3.05, 3.63) is 0 Å². The van der Waals surface area contributed by atoms with Crippen LogP contribution in [0.5, 0.6) is 0 Å². The summed E-state index contributed by atoms with van der Waals surface area (Å²) in [6.45, 7) is 5.90. The smallest absolute Gasteiger partial charge is 0.410 e. The molecule has 1 rings (SSSR count). The number of nitrogens with zero attached hydrogens (tertiary/aromatic N) is 1. The second-order valence-corrected chi connectivity index (χ2v) is 4.90. The van der Waals surface area contributed by atoms with Gasteiger partial charge in [0.1, 0.15) is 0 Å². The summed E-state index contributed by atoms with van der Waals surface area (Å²) in [4.78, 5) is 13.7. The second kappa shape index (κ2) is 6.74. The van der Waals surface area contributed by atoms with Gasteiger partial charge in [0.25, 0.3) is 0 Å². The molecule has 4 heteroatoms. The predicted octanol–water partition coefficient (Wildman–Crippen LogP) is 1.98. The summed E-state index contributed by atoms with van der Waals surface area (Å²) in [7, 11) is 0. The molecule has 0 radical (unpaired) electrons. The molecule has 0 aliphatic carbocycles. The molecular formula is C12H24N2O2. The summed E-state index contributed by atoms with van der Waals surface area (Å²) in [6, 6.07) is 0.169. The number of carbonyl (C=O) groups excluding carboxylic acids is 1. The highest BCUT2D eigenvalue weighted by Gasteiger charge is 2.25. The molecule has 16 heavy (non-hydrogen) atoms. The van der Waals surface area contributed by atoms with Crippen molar-refractivity contribution >= 4 is 6.09 Å². The maximum absolute atomic E-state index is 11.9. The van der Waals surface area contributed by atoms with Crippen molar-refractivity contribution in [1.82, 2.24) is 4.90 Å². The van der Waals surface area contributed by atoms with Gasteiger partial charge in [0, 0.05) is 19.1 Å². The lowest BCUT2D eigenvalue weighted by Crippen LogP contribution is -2.44. The van der Waals surface area contributed by atoms with Crippen LogP contribution in [0.1, 0.15) is 39.5 Å². The van der Waals surface area contributed by atoms with E-state index in [-0.39, 0.29) is 12.1 Å². The lowest BCUT2D eigenvalue weighted by molar-refractivity contribution is 0.0791. The van der Waals surface area contributed by atoms with Gasteiger partial charge in [-0.1, -0.05) is 26.7 Å². The average molecular weight is 228 g/mol. The Bertz CT molecular complexity index is 219. The van der Waals surface area contributed by atoms with Gasteiger partial charge in [0.2, 0.25) is 0 Å². The Hall–Kier alpha value is -0.770. The summed E-state index contributed by atoms with van der Waals surface area (Å²) in [5.74, 6) is 0.382. The number of amides is 1. The van der Waals surface area contributed by atoms with Gasteiger partial charge in [-0.05, 0) is 18.8 Å². The van der Waals surface area contributed by atoms with E-state index >= 15 is 0 Å². The number of hydrogen-bond donors (Lipinski definition) is 1. The molecule has 1 aliphatic rings. The number of nitrogens with two attached hydrogens (primary N) is 1. The molecule has 0 aromatic carbocycles. The third-order valence-corrected chi connectivity index (χ3v) is 2.92. The van der Waals surface area contributed by atoms with Gasteiger partial charge in [-0.2, -0.15) is 0 Å². The van der Waals surface area contributed by atoms with E-state index in [2.05, 4.69) is 0 Å². The van der Waals surface area contributed by atoms with E-state index < -0.39 is 0 Å². The van der Waals surface area contributed by atoms with Gasteiger partial charge in [0.15, 0.2) is 0 Å². The zero-order chi connectivity index (χ0) is 12.0. The van der Waals surface area contributed by atoms with Crippen LogP contribution in [0, 0.1) is 5.92 Å². The van der Waals surface area contributed by atoms with E-state index in [0.29, 0.717) is 19.1 Å². The highest BCUT2D eigenvalue weighted by molar-refractivity contribution is 5.68. The van der Waals surface area contributed by atoms with Crippen LogP contribution in [0.25, 0.3) is 0 Å². The monoisotopic (exact) mass is 228 g/mol. The molecular weight excluding hydrogens is 204 g/mol. The molecule has 1 fully saturated rings. The molecule has 0 aromatic heterocycles. The molecule has 2 N–H and O–H groups in total. The van der Waals surface area contributed by atoms with Crippen LogP contribution in [0.2, 0.25) is 0 Å². The van der Waals surface area contributed by atoms with Gasteiger partial charge in [0.05, 0.1) is 6.61 Å². The van der Waals surface area contributed by atoms with Crippen molar-refractivity contribution in [2.45, 2.75) is 45.6 Å². The number of carbonyl (C=O) groups is 1. The molecule has 1 amide bonds. The first-order valence-corrected chi connectivity index (χ1v) is 6.28. The fraction of sp³-hybridized carbons (Fsp3) is 0.917. The molecule has 1 aliphatic heterocycles. The van der Waals surface area contributed by atoms with Crippen LogP contribution in [0.4, 0.5) is 4.79 Å².